The Morgan fingerprint density at radius 3 is 2.71 bits per heavy atom. The second-order valence-electron chi connectivity index (χ2n) is 6.47. The topological polar surface area (TPSA) is 111 Å². The lowest BCUT2D eigenvalue weighted by atomic mass is 9.92. The summed E-state index contributed by atoms with van der Waals surface area (Å²) in [4.78, 5) is 12.8. The van der Waals surface area contributed by atoms with Crippen molar-refractivity contribution in [3.63, 3.8) is 0 Å². The largest absolute Gasteiger partial charge is 0.368 e. The van der Waals surface area contributed by atoms with E-state index in [0.29, 0.717) is 23.3 Å². The molecule has 0 aliphatic rings. The maximum absolute atomic E-state index is 11.6. The molecule has 0 spiro atoms. The normalized spacial score (nSPS) is 14.5. The Morgan fingerprint density at radius 2 is 2.04 bits per heavy atom. The molecule has 0 aliphatic carbocycles. The lowest BCUT2D eigenvalue weighted by Crippen LogP contribution is -2.37. The van der Waals surface area contributed by atoms with Gasteiger partial charge in [-0.05, 0) is 31.9 Å². The second kappa shape index (κ2) is 7.29. The van der Waals surface area contributed by atoms with Gasteiger partial charge in [0.05, 0.1) is 11.3 Å². The lowest BCUT2D eigenvalue weighted by molar-refractivity contribution is 0.437. The van der Waals surface area contributed by atoms with Crippen molar-refractivity contribution in [1.82, 2.24) is 15.0 Å². The molecule has 2 aromatic rings. The predicted octanol–water partition coefficient (Wildman–Crippen LogP) is 2.40. The molecule has 0 bridgehead atoms. The highest BCUT2D eigenvalue weighted by molar-refractivity contribution is 7.90. The number of rotatable bonds is 8. The number of hydrogen-bond donors (Lipinski definition) is 2. The minimum absolute atomic E-state index is 0.117. The van der Waals surface area contributed by atoms with E-state index in [0.717, 1.165) is 19.3 Å². The van der Waals surface area contributed by atoms with Gasteiger partial charge in [-0.2, -0.15) is 4.98 Å². The van der Waals surface area contributed by atoms with Crippen LogP contribution in [-0.2, 0) is 9.84 Å². The van der Waals surface area contributed by atoms with Crippen LogP contribution in [0.3, 0.4) is 0 Å². The molecule has 3 N–H and O–H groups in total. The van der Waals surface area contributed by atoms with E-state index in [-0.39, 0.29) is 11.7 Å². The van der Waals surface area contributed by atoms with Crippen LogP contribution in [0.1, 0.15) is 39.5 Å². The zero-order valence-electron chi connectivity index (χ0n) is 14.4. The van der Waals surface area contributed by atoms with Gasteiger partial charge in [0.2, 0.25) is 5.95 Å². The average Bonchev–Trinajstić information content (AvgIpc) is 2.50. The first kappa shape index (κ1) is 18.4. The van der Waals surface area contributed by atoms with Gasteiger partial charge < -0.3 is 11.1 Å². The van der Waals surface area contributed by atoms with Crippen molar-refractivity contribution in [2.75, 3.05) is 23.1 Å². The van der Waals surface area contributed by atoms with Gasteiger partial charge >= 0.3 is 0 Å². The minimum atomic E-state index is -3.04. The van der Waals surface area contributed by atoms with Gasteiger partial charge in [-0.25, -0.2) is 13.4 Å². The van der Waals surface area contributed by atoms with Crippen molar-refractivity contribution >= 4 is 32.6 Å². The van der Waals surface area contributed by atoms with Gasteiger partial charge in [0.25, 0.3) is 0 Å². The third-order valence-corrected chi connectivity index (χ3v) is 4.94. The molecular formula is C16H25N5O2S. The predicted molar refractivity (Wildman–Crippen MR) is 97.6 cm³/mol. The Bertz CT molecular complexity index is 809. The molecule has 2 aromatic heterocycles. The summed E-state index contributed by atoms with van der Waals surface area (Å²) >= 11 is 0. The van der Waals surface area contributed by atoms with Crippen molar-refractivity contribution in [3.05, 3.63) is 18.3 Å². The van der Waals surface area contributed by atoms with Crippen LogP contribution >= 0.6 is 0 Å². The number of nitrogen functional groups attached to an aromatic ring is 1. The van der Waals surface area contributed by atoms with Crippen LogP contribution in [0.4, 0.5) is 11.8 Å². The Labute approximate surface area is 143 Å². The number of fused-ring (bicyclic) bond motifs is 1. The SMILES string of the molecule is CCCC[C@@](C)(CCS(C)(=O)=O)Nc1nc(N)nc2cccnc12. The molecule has 0 radical (unpaired) electrons. The summed E-state index contributed by atoms with van der Waals surface area (Å²) in [7, 11) is -3.04. The number of aromatic nitrogens is 3. The van der Waals surface area contributed by atoms with Gasteiger partial charge in [0.15, 0.2) is 5.82 Å². The van der Waals surface area contributed by atoms with E-state index in [2.05, 4.69) is 27.2 Å². The zero-order valence-corrected chi connectivity index (χ0v) is 15.2. The molecule has 24 heavy (non-hydrogen) atoms. The maximum atomic E-state index is 11.6. The average molecular weight is 351 g/mol. The Morgan fingerprint density at radius 1 is 1.29 bits per heavy atom. The minimum Gasteiger partial charge on any atom is -0.368 e. The summed E-state index contributed by atoms with van der Waals surface area (Å²) in [5, 5.41) is 3.39. The molecule has 0 aliphatic heterocycles. The van der Waals surface area contributed by atoms with Crippen LogP contribution in [0.5, 0.6) is 0 Å². The van der Waals surface area contributed by atoms with Gasteiger partial charge in [0, 0.05) is 18.0 Å². The Balaban J connectivity index is 2.35. The summed E-state index contributed by atoms with van der Waals surface area (Å²) < 4.78 is 23.2. The van der Waals surface area contributed by atoms with E-state index >= 15 is 0 Å². The van der Waals surface area contributed by atoms with Crippen molar-refractivity contribution in [2.24, 2.45) is 0 Å². The van der Waals surface area contributed by atoms with E-state index in [4.69, 9.17) is 5.73 Å². The molecule has 1 atom stereocenters. The fraction of sp³-hybridized carbons (Fsp3) is 0.562. The van der Waals surface area contributed by atoms with Crippen molar-refractivity contribution < 1.29 is 8.42 Å². The molecule has 0 unspecified atom stereocenters. The van der Waals surface area contributed by atoms with Gasteiger partial charge in [0.1, 0.15) is 15.4 Å². The van der Waals surface area contributed by atoms with Crippen LogP contribution in [0.15, 0.2) is 18.3 Å². The highest BCUT2D eigenvalue weighted by Gasteiger charge is 2.27. The summed E-state index contributed by atoms with van der Waals surface area (Å²) in [6.07, 6.45) is 6.27. The molecule has 2 heterocycles. The monoisotopic (exact) mass is 351 g/mol. The number of hydrogen-bond acceptors (Lipinski definition) is 7. The van der Waals surface area contributed by atoms with E-state index in [1.54, 1.807) is 12.3 Å². The molecule has 0 saturated carbocycles. The molecule has 2 rings (SSSR count). The summed E-state index contributed by atoms with van der Waals surface area (Å²) in [6.45, 7) is 4.12. The van der Waals surface area contributed by atoms with E-state index < -0.39 is 15.4 Å². The molecule has 8 heteroatoms. The van der Waals surface area contributed by atoms with E-state index in [1.165, 1.54) is 6.26 Å². The van der Waals surface area contributed by atoms with Crippen LogP contribution in [-0.4, -0.2) is 40.9 Å². The number of anilines is 2. The fourth-order valence-corrected chi connectivity index (χ4v) is 3.41. The van der Waals surface area contributed by atoms with Crippen LogP contribution < -0.4 is 11.1 Å². The van der Waals surface area contributed by atoms with Crippen LogP contribution in [0.25, 0.3) is 11.0 Å². The molecule has 0 amide bonds. The van der Waals surface area contributed by atoms with Crippen molar-refractivity contribution in [1.29, 1.82) is 0 Å². The molecule has 0 fully saturated rings. The zero-order chi connectivity index (χ0) is 17.8. The number of sulfone groups is 1. The standard InChI is InChI=1S/C16H25N5O2S/c1-4-5-8-16(2,9-11-24(3,22)23)21-14-13-12(7-6-10-18-13)19-15(17)20-14/h6-7,10H,4-5,8-9,11H2,1-3H3,(H3,17,19,20,21)/t16-/m0/s1. The highest BCUT2D eigenvalue weighted by Crippen LogP contribution is 2.27. The number of nitrogens with two attached hydrogens (primary N) is 1. The van der Waals surface area contributed by atoms with Crippen molar-refractivity contribution in [2.45, 2.75) is 45.1 Å². The third-order valence-electron chi connectivity index (χ3n) is 4.00. The number of nitrogens with zero attached hydrogens (tertiary/aromatic N) is 3. The van der Waals surface area contributed by atoms with Gasteiger partial charge in [-0.3, -0.25) is 4.98 Å². The number of pyridine rings is 1. The van der Waals surface area contributed by atoms with Gasteiger partial charge in [-0.15, -0.1) is 0 Å². The summed E-state index contributed by atoms with van der Waals surface area (Å²) in [5.41, 5.74) is 6.68. The fourth-order valence-electron chi connectivity index (χ4n) is 2.59. The Hall–Kier alpha value is -1.96. The van der Waals surface area contributed by atoms with Gasteiger partial charge in [-0.1, -0.05) is 19.8 Å². The Kier molecular flexibility index (Phi) is 5.58. The maximum Gasteiger partial charge on any atom is 0.222 e. The quantitative estimate of drug-likeness (QED) is 0.751. The molecule has 7 nitrogen and oxygen atoms in total. The smallest absolute Gasteiger partial charge is 0.222 e. The number of nitrogens with one attached hydrogen (secondary N) is 1. The molecular weight excluding hydrogens is 326 g/mol. The summed E-state index contributed by atoms with van der Waals surface area (Å²) in [6, 6.07) is 3.62. The van der Waals surface area contributed by atoms with E-state index in [9.17, 15) is 8.42 Å². The molecule has 0 saturated heterocycles. The lowest BCUT2D eigenvalue weighted by Gasteiger charge is -2.31. The second-order valence-corrected chi connectivity index (χ2v) is 8.73. The summed E-state index contributed by atoms with van der Waals surface area (Å²) in [5.74, 6) is 0.829. The first-order chi connectivity index (χ1) is 11.2. The third kappa shape index (κ3) is 5.02. The molecule has 132 valence electrons. The van der Waals surface area contributed by atoms with Crippen molar-refractivity contribution in [3.8, 4) is 0 Å². The first-order valence-corrected chi connectivity index (χ1v) is 10.1. The first-order valence-electron chi connectivity index (χ1n) is 8.06. The molecule has 0 aromatic carbocycles. The van der Waals surface area contributed by atoms with E-state index in [1.807, 2.05) is 13.0 Å². The highest BCUT2D eigenvalue weighted by atomic mass is 32.2. The van der Waals surface area contributed by atoms with Crippen LogP contribution in [0.2, 0.25) is 0 Å². The van der Waals surface area contributed by atoms with Crippen LogP contribution in [0, 0.1) is 0 Å². The number of unbranched alkanes of at least 4 members (excludes halogenated alkanes) is 1.